The maximum absolute atomic E-state index is 12.4. The van der Waals surface area contributed by atoms with Crippen LogP contribution in [0.15, 0.2) is 18.2 Å². The Labute approximate surface area is 136 Å². The van der Waals surface area contributed by atoms with Gasteiger partial charge in [-0.25, -0.2) is 0 Å². The molecule has 21 heavy (non-hydrogen) atoms. The highest BCUT2D eigenvalue weighted by molar-refractivity contribution is 9.09. The highest BCUT2D eigenvalue weighted by Gasteiger charge is 2.34. The molecule has 0 radical (unpaired) electrons. The molecule has 0 spiro atoms. The van der Waals surface area contributed by atoms with Crippen LogP contribution in [-0.4, -0.2) is 16.8 Å². The van der Waals surface area contributed by atoms with E-state index < -0.39 is 0 Å². The summed E-state index contributed by atoms with van der Waals surface area (Å²) in [4.78, 5) is 12.4. The number of nitrogens with one attached hydrogen (secondary N) is 1. The number of amides is 1. The van der Waals surface area contributed by atoms with Crippen LogP contribution >= 0.6 is 15.9 Å². The van der Waals surface area contributed by atoms with Gasteiger partial charge in [0.15, 0.2) is 0 Å². The second-order valence-corrected chi connectivity index (χ2v) is 7.30. The molecule has 1 aliphatic rings. The van der Waals surface area contributed by atoms with E-state index in [0.717, 1.165) is 29.7 Å². The summed E-state index contributed by atoms with van der Waals surface area (Å²) < 4.78 is 0. The molecule has 0 aromatic heterocycles. The van der Waals surface area contributed by atoms with Gasteiger partial charge in [0, 0.05) is 10.9 Å². The first-order valence-corrected chi connectivity index (χ1v) is 8.99. The molecule has 116 valence electrons. The van der Waals surface area contributed by atoms with Crippen LogP contribution in [0, 0.1) is 19.8 Å². The summed E-state index contributed by atoms with van der Waals surface area (Å²) in [6.45, 7) is 6.50. The van der Waals surface area contributed by atoms with Gasteiger partial charge in [-0.2, -0.15) is 0 Å². The van der Waals surface area contributed by atoms with Crippen molar-refractivity contribution < 1.29 is 4.79 Å². The summed E-state index contributed by atoms with van der Waals surface area (Å²) in [7, 11) is 0. The Morgan fingerprint density at radius 2 is 1.95 bits per heavy atom. The van der Waals surface area contributed by atoms with E-state index >= 15 is 0 Å². The van der Waals surface area contributed by atoms with E-state index in [-0.39, 0.29) is 11.4 Å². The van der Waals surface area contributed by atoms with Crippen molar-refractivity contribution in [3.8, 4) is 0 Å². The second kappa shape index (κ2) is 6.95. The standard InChI is InChI=1S/C18H26BrNO/c1-13-6-8-18(12-19,9-7-13)20-17(21)11-16-5-4-14(2)15(3)10-16/h4-5,10,13H,6-9,11-12H2,1-3H3,(H,20,21). The van der Waals surface area contributed by atoms with E-state index in [2.05, 4.69) is 60.2 Å². The molecule has 0 bridgehead atoms. The molecule has 0 unspecified atom stereocenters. The summed E-state index contributed by atoms with van der Waals surface area (Å²) >= 11 is 3.61. The van der Waals surface area contributed by atoms with Gasteiger partial charge >= 0.3 is 0 Å². The van der Waals surface area contributed by atoms with Crippen molar-refractivity contribution in [3.63, 3.8) is 0 Å². The van der Waals surface area contributed by atoms with Crippen molar-refractivity contribution in [2.24, 2.45) is 5.92 Å². The lowest BCUT2D eigenvalue weighted by molar-refractivity contribution is -0.122. The van der Waals surface area contributed by atoms with E-state index in [9.17, 15) is 4.79 Å². The molecule has 0 heterocycles. The van der Waals surface area contributed by atoms with Crippen LogP contribution in [-0.2, 0) is 11.2 Å². The number of rotatable bonds is 4. The quantitative estimate of drug-likeness (QED) is 0.804. The van der Waals surface area contributed by atoms with E-state index in [0.29, 0.717) is 6.42 Å². The van der Waals surface area contributed by atoms with Crippen LogP contribution in [0.2, 0.25) is 0 Å². The van der Waals surface area contributed by atoms with Gasteiger partial charge in [-0.1, -0.05) is 41.1 Å². The van der Waals surface area contributed by atoms with E-state index in [1.807, 2.05) is 0 Å². The Kier molecular flexibility index (Phi) is 5.48. The minimum absolute atomic E-state index is 0.0384. The SMILES string of the molecule is Cc1ccc(CC(=O)NC2(CBr)CCC(C)CC2)cc1C. The summed E-state index contributed by atoms with van der Waals surface area (Å²) in [5, 5.41) is 4.15. The number of hydrogen-bond acceptors (Lipinski definition) is 1. The molecule has 2 nitrogen and oxygen atoms in total. The number of benzene rings is 1. The molecule has 1 amide bonds. The molecule has 2 rings (SSSR count). The summed E-state index contributed by atoms with van der Waals surface area (Å²) in [5.41, 5.74) is 3.59. The first-order valence-electron chi connectivity index (χ1n) is 7.87. The molecule has 1 N–H and O–H groups in total. The maximum atomic E-state index is 12.4. The van der Waals surface area contributed by atoms with Gasteiger partial charge in [-0.15, -0.1) is 0 Å². The highest BCUT2D eigenvalue weighted by Crippen LogP contribution is 2.33. The van der Waals surface area contributed by atoms with Crippen LogP contribution in [0.4, 0.5) is 0 Å². The smallest absolute Gasteiger partial charge is 0.224 e. The van der Waals surface area contributed by atoms with Crippen molar-refractivity contribution >= 4 is 21.8 Å². The minimum atomic E-state index is -0.0384. The molecule has 0 saturated heterocycles. The molecule has 3 heteroatoms. The van der Waals surface area contributed by atoms with Gasteiger partial charge in [0.1, 0.15) is 0 Å². The topological polar surface area (TPSA) is 29.1 Å². The first kappa shape index (κ1) is 16.5. The molecule has 1 saturated carbocycles. The molecule has 1 fully saturated rings. The lowest BCUT2D eigenvalue weighted by Gasteiger charge is -2.39. The molecule has 1 aliphatic carbocycles. The van der Waals surface area contributed by atoms with Gasteiger partial charge in [0.2, 0.25) is 5.91 Å². The van der Waals surface area contributed by atoms with Gasteiger partial charge in [0.25, 0.3) is 0 Å². The third-order valence-electron chi connectivity index (χ3n) is 4.83. The Hall–Kier alpha value is -0.830. The number of carbonyl (C=O) groups excluding carboxylic acids is 1. The third-order valence-corrected chi connectivity index (χ3v) is 5.90. The fraction of sp³-hybridized carbons (Fsp3) is 0.611. The number of aryl methyl sites for hydroxylation is 2. The summed E-state index contributed by atoms with van der Waals surface area (Å²) in [5.74, 6) is 0.932. The lowest BCUT2D eigenvalue weighted by atomic mass is 9.78. The number of halogens is 1. The van der Waals surface area contributed by atoms with Crippen molar-refractivity contribution in [1.82, 2.24) is 5.32 Å². The molecule has 0 atom stereocenters. The molecule has 1 aromatic rings. The lowest BCUT2D eigenvalue weighted by Crippen LogP contribution is -2.52. The zero-order valence-corrected chi connectivity index (χ0v) is 14.9. The summed E-state index contributed by atoms with van der Waals surface area (Å²) in [6.07, 6.45) is 5.05. The minimum Gasteiger partial charge on any atom is -0.350 e. The average molecular weight is 352 g/mol. The number of alkyl halides is 1. The summed E-state index contributed by atoms with van der Waals surface area (Å²) in [6, 6.07) is 6.28. The van der Waals surface area contributed by atoms with Crippen molar-refractivity contribution in [2.45, 2.75) is 58.4 Å². The molecular formula is C18H26BrNO. The monoisotopic (exact) mass is 351 g/mol. The second-order valence-electron chi connectivity index (χ2n) is 6.74. The normalized spacial score (nSPS) is 25.6. The Balaban J connectivity index is 1.98. The van der Waals surface area contributed by atoms with Gasteiger partial charge in [0.05, 0.1) is 6.42 Å². The maximum Gasteiger partial charge on any atom is 0.224 e. The zero-order chi connectivity index (χ0) is 15.5. The number of carbonyl (C=O) groups is 1. The molecular weight excluding hydrogens is 326 g/mol. The van der Waals surface area contributed by atoms with Gasteiger partial charge in [-0.05, 0) is 62.1 Å². The van der Waals surface area contributed by atoms with E-state index in [1.54, 1.807) is 0 Å². The van der Waals surface area contributed by atoms with Gasteiger partial charge in [-0.3, -0.25) is 4.79 Å². The molecule has 1 aromatic carbocycles. The molecule has 0 aliphatic heterocycles. The van der Waals surface area contributed by atoms with Crippen LogP contribution in [0.3, 0.4) is 0 Å². The van der Waals surface area contributed by atoms with Crippen molar-refractivity contribution in [1.29, 1.82) is 0 Å². The van der Waals surface area contributed by atoms with Crippen LogP contribution in [0.25, 0.3) is 0 Å². The Morgan fingerprint density at radius 1 is 1.29 bits per heavy atom. The van der Waals surface area contributed by atoms with E-state index in [1.165, 1.54) is 24.0 Å². The van der Waals surface area contributed by atoms with E-state index in [4.69, 9.17) is 0 Å². The van der Waals surface area contributed by atoms with Crippen molar-refractivity contribution in [3.05, 3.63) is 34.9 Å². The number of hydrogen-bond donors (Lipinski definition) is 1. The van der Waals surface area contributed by atoms with Gasteiger partial charge < -0.3 is 5.32 Å². The predicted octanol–water partition coefficient (Wildman–Crippen LogP) is 4.31. The average Bonchev–Trinajstić information content (AvgIpc) is 2.46. The fourth-order valence-corrected chi connectivity index (χ4v) is 3.75. The van der Waals surface area contributed by atoms with Crippen molar-refractivity contribution in [2.75, 3.05) is 5.33 Å². The van der Waals surface area contributed by atoms with Crippen LogP contribution in [0.1, 0.15) is 49.3 Å². The first-order chi connectivity index (χ1) is 9.94. The van der Waals surface area contributed by atoms with Crippen LogP contribution in [0.5, 0.6) is 0 Å². The Morgan fingerprint density at radius 3 is 2.52 bits per heavy atom. The third kappa shape index (κ3) is 4.32. The zero-order valence-electron chi connectivity index (χ0n) is 13.3. The highest BCUT2D eigenvalue weighted by atomic mass is 79.9. The van der Waals surface area contributed by atoms with Crippen LogP contribution < -0.4 is 5.32 Å². The Bertz CT molecular complexity index is 504. The predicted molar refractivity (Wildman–Crippen MR) is 91.9 cm³/mol. The fourth-order valence-electron chi connectivity index (χ4n) is 3.05. The largest absolute Gasteiger partial charge is 0.350 e.